The average Bonchev–Trinajstić information content (AvgIpc) is 3.53. The van der Waals surface area contributed by atoms with Crippen LogP contribution in [0, 0.1) is 0 Å². The van der Waals surface area contributed by atoms with Crippen molar-refractivity contribution in [3.05, 3.63) is 17.5 Å². The Kier molecular flexibility index (Phi) is 6.94. The number of hydrogen-bond acceptors (Lipinski definition) is 9. The Hall–Kier alpha value is -1.23. The van der Waals surface area contributed by atoms with E-state index in [1.54, 1.807) is 0 Å². The molecule has 3 unspecified atom stereocenters. The van der Waals surface area contributed by atoms with Crippen LogP contribution in [0.4, 0.5) is 0 Å². The number of ether oxygens (including phenoxy) is 6. The Balaban J connectivity index is 1.24. The minimum Gasteiger partial charge on any atom is -0.378 e. The Morgan fingerprint density at radius 1 is 0.593 bits per heavy atom. The van der Waals surface area contributed by atoms with E-state index >= 15 is 0 Å². The van der Waals surface area contributed by atoms with E-state index in [0.29, 0.717) is 58.9 Å². The summed E-state index contributed by atoms with van der Waals surface area (Å²) < 4.78 is 32.2. The van der Waals surface area contributed by atoms with Crippen molar-refractivity contribution in [1.82, 2.24) is 15.0 Å². The summed E-state index contributed by atoms with van der Waals surface area (Å²) in [7, 11) is 0. The fourth-order valence-corrected chi connectivity index (χ4v) is 2.48. The van der Waals surface area contributed by atoms with Gasteiger partial charge in [0.2, 0.25) is 0 Å². The lowest BCUT2D eigenvalue weighted by Gasteiger charge is -2.08. The fourth-order valence-electron chi connectivity index (χ4n) is 2.48. The SMILES string of the molecule is C(Cc1nc(CCOCC2CO2)nc(CCOCC2CO2)n1)OCC1CO1. The second-order valence-electron chi connectivity index (χ2n) is 6.92. The van der Waals surface area contributed by atoms with Gasteiger partial charge < -0.3 is 28.4 Å². The molecule has 3 saturated heterocycles. The average molecular weight is 381 g/mol. The van der Waals surface area contributed by atoms with Gasteiger partial charge in [-0.1, -0.05) is 0 Å². The number of epoxide rings is 3. The van der Waals surface area contributed by atoms with Crippen LogP contribution in [-0.4, -0.2) is 92.7 Å². The minimum absolute atomic E-state index is 0.273. The molecule has 1 aromatic rings. The van der Waals surface area contributed by atoms with E-state index in [9.17, 15) is 0 Å². The monoisotopic (exact) mass is 381 g/mol. The summed E-state index contributed by atoms with van der Waals surface area (Å²) in [5.41, 5.74) is 0. The summed E-state index contributed by atoms with van der Waals surface area (Å²) in [6.07, 6.45) is 2.79. The molecule has 0 aliphatic carbocycles. The maximum atomic E-state index is 5.60. The third-order valence-corrected chi connectivity index (χ3v) is 4.30. The van der Waals surface area contributed by atoms with Gasteiger partial charge in [0.15, 0.2) is 0 Å². The highest BCUT2D eigenvalue weighted by molar-refractivity contribution is 4.99. The van der Waals surface area contributed by atoms with Gasteiger partial charge >= 0.3 is 0 Å². The van der Waals surface area contributed by atoms with Crippen LogP contribution in [0.5, 0.6) is 0 Å². The van der Waals surface area contributed by atoms with Gasteiger partial charge in [0.1, 0.15) is 35.8 Å². The van der Waals surface area contributed by atoms with Crippen molar-refractivity contribution in [2.45, 2.75) is 37.6 Å². The molecule has 1 aromatic heterocycles. The standard InChI is InChI=1S/C18H27N3O6/c1(4-22-7-13-10-25-13)16-19-17(2-5-23-8-14-11-26-14)21-18(20-16)3-6-24-9-15-12-27-15/h13-15H,1-12H2. The van der Waals surface area contributed by atoms with Crippen molar-refractivity contribution in [2.75, 3.05) is 59.5 Å². The molecule has 3 fully saturated rings. The third kappa shape index (κ3) is 7.73. The molecule has 150 valence electrons. The molecule has 27 heavy (non-hydrogen) atoms. The lowest BCUT2D eigenvalue weighted by molar-refractivity contribution is 0.115. The molecule has 0 bridgehead atoms. The second-order valence-corrected chi connectivity index (χ2v) is 6.92. The maximum absolute atomic E-state index is 5.60. The van der Waals surface area contributed by atoms with Gasteiger partial charge in [-0.3, -0.25) is 0 Å². The second kappa shape index (κ2) is 9.81. The number of nitrogens with zero attached hydrogens (tertiary/aromatic N) is 3. The van der Waals surface area contributed by atoms with Gasteiger partial charge in [-0.05, 0) is 0 Å². The largest absolute Gasteiger partial charge is 0.378 e. The number of hydrogen-bond donors (Lipinski definition) is 0. The van der Waals surface area contributed by atoms with E-state index in [0.717, 1.165) is 37.3 Å². The van der Waals surface area contributed by atoms with Gasteiger partial charge in [-0.25, -0.2) is 15.0 Å². The van der Waals surface area contributed by atoms with E-state index in [-0.39, 0.29) is 18.3 Å². The molecule has 3 aliphatic rings. The molecule has 0 spiro atoms. The van der Waals surface area contributed by atoms with E-state index < -0.39 is 0 Å². The zero-order chi connectivity index (χ0) is 18.3. The normalized spacial score (nSPS) is 25.6. The van der Waals surface area contributed by atoms with Crippen molar-refractivity contribution in [3.63, 3.8) is 0 Å². The first kappa shape index (κ1) is 19.1. The molecule has 3 aliphatic heterocycles. The van der Waals surface area contributed by atoms with Gasteiger partial charge in [-0.2, -0.15) is 0 Å². The van der Waals surface area contributed by atoms with Crippen LogP contribution in [0.2, 0.25) is 0 Å². The summed E-state index contributed by atoms with van der Waals surface area (Å²) >= 11 is 0. The van der Waals surface area contributed by atoms with Crippen LogP contribution >= 0.6 is 0 Å². The molecule has 3 atom stereocenters. The van der Waals surface area contributed by atoms with Crippen LogP contribution in [0.15, 0.2) is 0 Å². The van der Waals surface area contributed by atoms with E-state index in [1.807, 2.05) is 0 Å². The minimum atomic E-state index is 0.273. The van der Waals surface area contributed by atoms with Gasteiger partial charge in [0.25, 0.3) is 0 Å². The van der Waals surface area contributed by atoms with Crippen LogP contribution < -0.4 is 0 Å². The first-order valence-corrected chi connectivity index (χ1v) is 9.66. The molecular formula is C18H27N3O6. The fraction of sp³-hybridized carbons (Fsp3) is 0.833. The van der Waals surface area contributed by atoms with Gasteiger partial charge in [-0.15, -0.1) is 0 Å². The smallest absolute Gasteiger partial charge is 0.134 e. The van der Waals surface area contributed by atoms with Crippen LogP contribution in [-0.2, 0) is 47.7 Å². The van der Waals surface area contributed by atoms with E-state index in [2.05, 4.69) is 15.0 Å². The number of rotatable bonds is 15. The first-order valence-electron chi connectivity index (χ1n) is 9.66. The van der Waals surface area contributed by atoms with Crippen molar-refractivity contribution in [3.8, 4) is 0 Å². The van der Waals surface area contributed by atoms with Crippen molar-refractivity contribution in [1.29, 1.82) is 0 Å². The zero-order valence-corrected chi connectivity index (χ0v) is 15.5. The molecule has 0 saturated carbocycles. The van der Waals surface area contributed by atoms with Gasteiger partial charge in [0, 0.05) is 19.3 Å². The molecule has 0 radical (unpaired) electrons. The quantitative estimate of drug-likeness (QED) is 0.300. The van der Waals surface area contributed by atoms with Gasteiger partial charge in [0.05, 0.1) is 59.5 Å². The van der Waals surface area contributed by atoms with Crippen molar-refractivity contribution < 1.29 is 28.4 Å². The maximum Gasteiger partial charge on any atom is 0.134 e. The molecule has 0 amide bonds. The zero-order valence-electron chi connectivity index (χ0n) is 15.5. The van der Waals surface area contributed by atoms with Crippen molar-refractivity contribution in [2.24, 2.45) is 0 Å². The van der Waals surface area contributed by atoms with E-state index in [4.69, 9.17) is 28.4 Å². The molecule has 9 nitrogen and oxygen atoms in total. The molecule has 4 rings (SSSR count). The lowest BCUT2D eigenvalue weighted by atomic mass is 10.3. The van der Waals surface area contributed by atoms with E-state index in [1.165, 1.54) is 0 Å². The third-order valence-electron chi connectivity index (χ3n) is 4.30. The predicted molar refractivity (Wildman–Crippen MR) is 92.6 cm³/mol. The highest BCUT2D eigenvalue weighted by Crippen LogP contribution is 2.11. The predicted octanol–water partition coefficient (Wildman–Crippen LogP) is -0.255. The Morgan fingerprint density at radius 2 is 0.889 bits per heavy atom. The summed E-state index contributed by atoms with van der Waals surface area (Å²) in [6.45, 7) is 6.06. The van der Waals surface area contributed by atoms with Crippen LogP contribution in [0.1, 0.15) is 17.5 Å². The Morgan fingerprint density at radius 3 is 1.15 bits per heavy atom. The molecular weight excluding hydrogens is 354 g/mol. The topological polar surface area (TPSA) is 104 Å². The summed E-state index contributed by atoms with van der Waals surface area (Å²) in [6, 6.07) is 0. The Labute approximate surface area is 158 Å². The highest BCUT2D eigenvalue weighted by Gasteiger charge is 2.23. The van der Waals surface area contributed by atoms with Crippen molar-refractivity contribution >= 4 is 0 Å². The lowest BCUT2D eigenvalue weighted by Crippen LogP contribution is -2.15. The summed E-state index contributed by atoms with van der Waals surface area (Å²) in [5.74, 6) is 2.26. The molecule has 0 aromatic carbocycles. The summed E-state index contributed by atoms with van der Waals surface area (Å²) in [5, 5.41) is 0. The Bertz CT molecular complexity index is 499. The number of aromatic nitrogens is 3. The molecule has 0 N–H and O–H groups in total. The molecule has 9 heteroatoms. The summed E-state index contributed by atoms with van der Waals surface area (Å²) in [4.78, 5) is 13.7. The molecule has 4 heterocycles. The highest BCUT2D eigenvalue weighted by atomic mass is 16.6. The van der Waals surface area contributed by atoms with Crippen LogP contribution in [0.25, 0.3) is 0 Å². The first-order chi connectivity index (χ1) is 13.3. The van der Waals surface area contributed by atoms with Crippen LogP contribution in [0.3, 0.4) is 0 Å².